The second kappa shape index (κ2) is 5.58. The van der Waals surface area contributed by atoms with Gasteiger partial charge in [-0.3, -0.25) is 10.1 Å². The Balaban J connectivity index is 1.88. The Morgan fingerprint density at radius 2 is 1.91 bits per heavy atom. The molecule has 5 nitrogen and oxygen atoms in total. The fourth-order valence-electron chi connectivity index (χ4n) is 2.32. The van der Waals surface area contributed by atoms with E-state index in [9.17, 15) is 4.39 Å². The van der Waals surface area contributed by atoms with Crippen molar-refractivity contribution in [2.24, 2.45) is 0 Å². The third-order valence-corrected chi connectivity index (χ3v) is 4.39. The van der Waals surface area contributed by atoms with Gasteiger partial charge in [-0.05, 0) is 45.9 Å². The highest BCUT2D eigenvalue weighted by molar-refractivity contribution is 6.54. The molecule has 2 aromatic heterocycles. The summed E-state index contributed by atoms with van der Waals surface area (Å²) in [6.45, 7) is 7.55. The van der Waals surface area contributed by atoms with Crippen LogP contribution >= 0.6 is 0 Å². The van der Waals surface area contributed by atoms with E-state index in [1.54, 1.807) is 18.6 Å². The fraction of sp³-hybridized carbons (Fsp3) is 0.375. The van der Waals surface area contributed by atoms with Crippen molar-refractivity contribution in [3.63, 3.8) is 0 Å². The van der Waals surface area contributed by atoms with Crippen LogP contribution in [0.1, 0.15) is 33.3 Å². The summed E-state index contributed by atoms with van der Waals surface area (Å²) in [7, 11) is -1.02. The molecular formula is C16H19BFN3O2. The van der Waals surface area contributed by atoms with Gasteiger partial charge < -0.3 is 9.31 Å². The highest BCUT2D eigenvalue weighted by Crippen LogP contribution is 2.39. The predicted octanol–water partition coefficient (Wildman–Crippen LogP) is 3.41. The van der Waals surface area contributed by atoms with Crippen molar-refractivity contribution >= 4 is 13.2 Å². The van der Waals surface area contributed by atoms with Crippen LogP contribution < -0.4 is 0 Å². The summed E-state index contributed by atoms with van der Waals surface area (Å²) in [5.41, 5.74) is 0.500. The number of H-pyrrole nitrogens is 1. The number of aromatic amines is 1. The van der Waals surface area contributed by atoms with Crippen molar-refractivity contribution in [1.29, 1.82) is 0 Å². The van der Waals surface area contributed by atoms with Gasteiger partial charge in [0.2, 0.25) is 0 Å². The van der Waals surface area contributed by atoms with E-state index >= 15 is 0 Å². The Labute approximate surface area is 135 Å². The maximum Gasteiger partial charge on any atom is 0.525 e. The van der Waals surface area contributed by atoms with Crippen molar-refractivity contribution < 1.29 is 13.7 Å². The third kappa shape index (κ3) is 2.94. The first-order chi connectivity index (χ1) is 10.8. The van der Waals surface area contributed by atoms with Gasteiger partial charge in [-0.25, -0.2) is 4.39 Å². The molecule has 0 radical (unpaired) electrons. The van der Waals surface area contributed by atoms with Crippen LogP contribution in [0.5, 0.6) is 0 Å². The van der Waals surface area contributed by atoms with Gasteiger partial charge in [0.15, 0.2) is 0 Å². The smallest absolute Gasteiger partial charge is 0.398 e. The first-order valence-electron chi connectivity index (χ1n) is 7.47. The lowest BCUT2D eigenvalue weighted by Crippen LogP contribution is -2.41. The van der Waals surface area contributed by atoms with E-state index in [1.807, 2.05) is 39.8 Å². The molecule has 0 amide bonds. The van der Waals surface area contributed by atoms with Gasteiger partial charge >= 0.3 is 7.12 Å². The lowest BCUT2D eigenvalue weighted by molar-refractivity contribution is 0.00578. The highest BCUT2D eigenvalue weighted by atomic mass is 19.1. The average Bonchev–Trinajstić information content (AvgIpc) is 3.02. The monoisotopic (exact) mass is 315 g/mol. The van der Waals surface area contributed by atoms with Crippen LogP contribution in [-0.4, -0.2) is 33.5 Å². The number of rotatable bonds is 3. The Bertz CT molecular complexity index is 712. The van der Waals surface area contributed by atoms with Crippen molar-refractivity contribution in [3.8, 4) is 11.3 Å². The van der Waals surface area contributed by atoms with Crippen LogP contribution in [-0.2, 0) is 9.31 Å². The van der Waals surface area contributed by atoms with Crippen molar-refractivity contribution in [3.05, 3.63) is 42.0 Å². The molecule has 120 valence electrons. The molecule has 0 atom stereocenters. The fourth-order valence-corrected chi connectivity index (χ4v) is 2.32. The molecule has 3 rings (SSSR count). The van der Waals surface area contributed by atoms with Gasteiger partial charge in [0.05, 0.1) is 23.1 Å². The summed E-state index contributed by atoms with van der Waals surface area (Å²) in [4.78, 5) is 4.06. The van der Waals surface area contributed by atoms with Gasteiger partial charge in [-0.15, -0.1) is 0 Å². The summed E-state index contributed by atoms with van der Waals surface area (Å²) in [5, 5.41) is 6.86. The largest absolute Gasteiger partial charge is 0.525 e. The van der Waals surface area contributed by atoms with E-state index in [0.29, 0.717) is 11.3 Å². The number of hydrogen-bond acceptors (Lipinski definition) is 4. The number of nitrogens with zero attached hydrogens (tertiary/aromatic N) is 2. The minimum atomic E-state index is -1.02. The minimum absolute atomic E-state index is 0.491. The SMILES string of the molecule is CC1(C)OB(C(F)=Cc2cn[nH]c2-c2cccnc2)OC1(C)C. The van der Waals surface area contributed by atoms with Crippen molar-refractivity contribution in [1.82, 2.24) is 15.2 Å². The minimum Gasteiger partial charge on any atom is -0.398 e. The van der Waals surface area contributed by atoms with Crippen LogP contribution in [0.2, 0.25) is 0 Å². The molecule has 0 saturated carbocycles. The van der Waals surface area contributed by atoms with E-state index in [2.05, 4.69) is 15.2 Å². The topological polar surface area (TPSA) is 60.0 Å². The van der Waals surface area contributed by atoms with E-state index in [-0.39, 0.29) is 0 Å². The summed E-state index contributed by atoms with van der Waals surface area (Å²) in [6.07, 6.45) is 6.32. The molecule has 2 aromatic rings. The predicted molar refractivity (Wildman–Crippen MR) is 87.0 cm³/mol. The number of halogens is 1. The van der Waals surface area contributed by atoms with Gasteiger partial charge in [0.25, 0.3) is 0 Å². The second-order valence-electron chi connectivity index (χ2n) is 6.56. The zero-order chi connectivity index (χ0) is 16.7. The molecular weight excluding hydrogens is 296 g/mol. The lowest BCUT2D eigenvalue weighted by atomic mass is 9.86. The van der Waals surface area contributed by atoms with E-state index < -0.39 is 24.0 Å². The number of pyridine rings is 1. The number of nitrogens with one attached hydrogen (secondary N) is 1. The van der Waals surface area contributed by atoms with Crippen LogP contribution in [0.25, 0.3) is 17.3 Å². The summed E-state index contributed by atoms with van der Waals surface area (Å²) in [6, 6.07) is 3.69. The molecule has 0 spiro atoms. The zero-order valence-electron chi connectivity index (χ0n) is 13.6. The van der Waals surface area contributed by atoms with Crippen LogP contribution in [0, 0.1) is 0 Å². The molecule has 23 heavy (non-hydrogen) atoms. The van der Waals surface area contributed by atoms with Gasteiger partial charge in [0.1, 0.15) is 5.73 Å². The Morgan fingerprint density at radius 1 is 1.22 bits per heavy atom. The Hall–Kier alpha value is -1.99. The summed E-state index contributed by atoms with van der Waals surface area (Å²) >= 11 is 0. The number of hydrogen-bond donors (Lipinski definition) is 1. The first kappa shape index (κ1) is 15.9. The van der Waals surface area contributed by atoms with Crippen molar-refractivity contribution in [2.75, 3.05) is 0 Å². The van der Waals surface area contributed by atoms with Gasteiger partial charge in [-0.2, -0.15) is 5.10 Å². The lowest BCUT2D eigenvalue weighted by Gasteiger charge is -2.32. The quantitative estimate of drug-likeness (QED) is 0.882. The van der Waals surface area contributed by atoms with Gasteiger partial charge in [-0.1, -0.05) is 0 Å². The van der Waals surface area contributed by atoms with Crippen LogP contribution in [0.15, 0.2) is 36.4 Å². The molecule has 7 heteroatoms. The average molecular weight is 315 g/mol. The third-order valence-electron chi connectivity index (χ3n) is 4.39. The normalized spacial score (nSPS) is 20.0. The van der Waals surface area contributed by atoms with Crippen molar-refractivity contribution in [2.45, 2.75) is 38.9 Å². The maximum atomic E-state index is 14.6. The zero-order valence-corrected chi connectivity index (χ0v) is 13.6. The van der Waals surface area contributed by atoms with E-state index in [4.69, 9.17) is 9.31 Å². The molecule has 1 saturated heterocycles. The number of aromatic nitrogens is 3. The Kier molecular flexibility index (Phi) is 3.86. The molecule has 1 aliphatic heterocycles. The molecule has 0 unspecified atom stereocenters. The molecule has 1 N–H and O–H groups in total. The molecule has 3 heterocycles. The second-order valence-corrected chi connectivity index (χ2v) is 6.56. The molecule has 0 bridgehead atoms. The highest BCUT2D eigenvalue weighted by Gasteiger charge is 2.53. The molecule has 0 aliphatic carbocycles. The first-order valence-corrected chi connectivity index (χ1v) is 7.47. The van der Waals surface area contributed by atoms with Crippen LogP contribution in [0.4, 0.5) is 4.39 Å². The standard InChI is InChI=1S/C16H19BFN3O2/c1-15(2)16(3,4)23-17(22-15)13(18)8-12-10-20-21-14(12)11-6-5-7-19-9-11/h5-10H,1-4H3,(H,20,21). The molecule has 1 fully saturated rings. The van der Waals surface area contributed by atoms with E-state index in [0.717, 1.165) is 5.56 Å². The van der Waals surface area contributed by atoms with E-state index in [1.165, 1.54) is 6.08 Å². The molecule has 1 aliphatic rings. The van der Waals surface area contributed by atoms with Gasteiger partial charge in [0, 0.05) is 23.5 Å². The molecule has 0 aromatic carbocycles. The maximum absolute atomic E-state index is 14.6. The summed E-state index contributed by atoms with van der Waals surface area (Å²) in [5.74, 6) is 0. The van der Waals surface area contributed by atoms with Crippen LogP contribution in [0.3, 0.4) is 0 Å². The Morgan fingerprint density at radius 3 is 2.52 bits per heavy atom. The summed E-state index contributed by atoms with van der Waals surface area (Å²) < 4.78 is 26.0.